The zero-order valence-corrected chi connectivity index (χ0v) is 14.5. The van der Waals surface area contributed by atoms with Crippen molar-refractivity contribution < 1.29 is 23.9 Å². The lowest BCUT2D eigenvalue weighted by Crippen LogP contribution is -2.51. The number of halogens is 2. The minimum absolute atomic E-state index is 0.214. The van der Waals surface area contributed by atoms with Gasteiger partial charge in [0.2, 0.25) is 0 Å². The van der Waals surface area contributed by atoms with Crippen LogP contribution in [0.15, 0.2) is 26.7 Å². The molecule has 1 aromatic rings. The van der Waals surface area contributed by atoms with Crippen LogP contribution in [-0.4, -0.2) is 30.4 Å². The molecular formula is C13H9Br2N3O5. The zero-order valence-electron chi connectivity index (χ0n) is 11.3. The molecule has 2 rings (SSSR count). The van der Waals surface area contributed by atoms with E-state index in [1.807, 2.05) is 10.6 Å². The third kappa shape index (κ3) is 4.17. The van der Waals surface area contributed by atoms with E-state index in [0.717, 1.165) is 0 Å². The maximum atomic E-state index is 11.7. The molecule has 1 saturated heterocycles. The molecule has 0 spiro atoms. The number of hydrogen-bond acceptors (Lipinski definition) is 5. The third-order valence-corrected chi connectivity index (χ3v) is 3.81. The van der Waals surface area contributed by atoms with Crippen LogP contribution < -0.4 is 21.1 Å². The Labute approximate surface area is 146 Å². The number of ether oxygens (including phenoxy) is 1. The predicted octanol–water partition coefficient (Wildman–Crippen LogP) is 0.825. The van der Waals surface area contributed by atoms with Gasteiger partial charge in [0.25, 0.3) is 17.7 Å². The third-order valence-electron chi connectivity index (χ3n) is 2.63. The minimum atomic E-state index is -0.866. The average molecular weight is 447 g/mol. The molecule has 0 saturated carbocycles. The summed E-state index contributed by atoms with van der Waals surface area (Å²) in [4.78, 5) is 45.1. The molecule has 0 aliphatic carbocycles. The fourth-order valence-corrected chi connectivity index (χ4v) is 3.17. The maximum absolute atomic E-state index is 11.7. The van der Waals surface area contributed by atoms with Gasteiger partial charge in [-0.1, -0.05) is 0 Å². The normalized spacial score (nSPS) is 14.2. The van der Waals surface area contributed by atoms with Crippen molar-refractivity contribution in [3.8, 4) is 5.75 Å². The Balaban J connectivity index is 2.32. The second-order valence-corrected chi connectivity index (χ2v) is 6.07. The van der Waals surface area contributed by atoms with E-state index in [2.05, 4.69) is 31.9 Å². The van der Waals surface area contributed by atoms with Crippen LogP contribution in [0.1, 0.15) is 5.56 Å². The summed E-state index contributed by atoms with van der Waals surface area (Å²) in [6, 6.07) is 2.28. The number of urea groups is 1. The number of primary amides is 1. The lowest BCUT2D eigenvalue weighted by Gasteiger charge is -2.14. The average Bonchev–Trinajstić information content (AvgIpc) is 2.41. The molecule has 4 N–H and O–H groups in total. The Bertz CT molecular complexity index is 715. The monoisotopic (exact) mass is 445 g/mol. The molecule has 0 radical (unpaired) electrons. The number of nitrogens with two attached hydrogens (primary N) is 1. The highest BCUT2D eigenvalue weighted by atomic mass is 79.9. The van der Waals surface area contributed by atoms with Gasteiger partial charge in [0.15, 0.2) is 6.61 Å². The minimum Gasteiger partial charge on any atom is -0.481 e. The maximum Gasteiger partial charge on any atom is 0.328 e. The van der Waals surface area contributed by atoms with Crippen LogP contribution in [0, 0.1) is 0 Å². The summed E-state index contributed by atoms with van der Waals surface area (Å²) in [6.07, 6.45) is 1.31. The van der Waals surface area contributed by atoms with Crippen molar-refractivity contribution in [2.75, 3.05) is 6.61 Å². The first kappa shape index (κ1) is 17.2. The van der Waals surface area contributed by atoms with Gasteiger partial charge in [-0.25, -0.2) is 4.79 Å². The number of benzene rings is 1. The highest BCUT2D eigenvalue weighted by molar-refractivity contribution is 9.11. The van der Waals surface area contributed by atoms with Crippen molar-refractivity contribution >= 4 is 61.7 Å². The van der Waals surface area contributed by atoms with Crippen LogP contribution in [0.2, 0.25) is 0 Å². The largest absolute Gasteiger partial charge is 0.481 e. The molecule has 0 atom stereocenters. The SMILES string of the molecule is NC(=O)COc1c(Br)cc(C=C2C(=O)NC(=O)NC2=O)cc1Br. The van der Waals surface area contributed by atoms with E-state index in [0.29, 0.717) is 20.3 Å². The zero-order chi connectivity index (χ0) is 17.1. The first-order valence-corrected chi connectivity index (χ1v) is 7.65. The Morgan fingerprint density at radius 2 is 1.65 bits per heavy atom. The topological polar surface area (TPSA) is 128 Å². The van der Waals surface area contributed by atoms with E-state index in [9.17, 15) is 19.2 Å². The fraction of sp³-hybridized carbons (Fsp3) is 0.0769. The molecule has 1 heterocycles. The molecule has 23 heavy (non-hydrogen) atoms. The van der Waals surface area contributed by atoms with E-state index >= 15 is 0 Å². The molecule has 120 valence electrons. The number of imide groups is 2. The van der Waals surface area contributed by atoms with Gasteiger partial charge in [0.1, 0.15) is 11.3 Å². The van der Waals surface area contributed by atoms with Crippen LogP contribution in [-0.2, 0) is 14.4 Å². The van der Waals surface area contributed by atoms with Gasteiger partial charge >= 0.3 is 6.03 Å². The van der Waals surface area contributed by atoms with Gasteiger partial charge < -0.3 is 10.5 Å². The molecule has 0 aromatic heterocycles. The molecule has 8 nitrogen and oxygen atoms in total. The standard InChI is InChI=1S/C13H9Br2N3O5/c14-7-2-5(3-8(15)10(7)23-4-9(16)19)1-6-11(20)17-13(22)18-12(6)21/h1-3H,4H2,(H2,16,19)(H2,17,18,20,21,22). The lowest BCUT2D eigenvalue weighted by atomic mass is 10.1. The molecule has 1 aliphatic rings. The fourth-order valence-electron chi connectivity index (χ4n) is 1.72. The first-order valence-electron chi connectivity index (χ1n) is 6.06. The smallest absolute Gasteiger partial charge is 0.328 e. The highest BCUT2D eigenvalue weighted by Crippen LogP contribution is 2.35. The van der Waals surface area contributed by atoms with Crippen LogP contribution in [0.5, 0.6) is 5.75 Å². The molecule has 5 amide bonds. The van der Waals surface area contributed by atoms with E-state index in [4.69, 9.17) is 10.5 Å². The van der Waals surface area contributed by atoms with Gasteiger partial charge in [-0.05, 0) is 55.6 Å². The molecular weight excluding hydrogens is 438 g/mol. The van der Waals surface area contributed by atoms with Crippen molar-refractivity contribution in [2.24, 2.45) is 5.73 Å². The Morgan fingerprint density at radius 3 is 2.13 bits per heavy atom. The van der Waals surface area contributed by atoms with Crippen LogP contribution in [0.25, 0.3) is 6.08 Å². The number of rotatable bonds is 4. The molecule has 0 bridgehead atoms. The van der Waals surface area contributed by atoms with E-state index < -0.39 is 23.8 Å². The molecule has 1 aromatic carbocycles. The van der Waals surface area contributed by atoms with Crippen molar-refractivity contribution in [1.29, 1.82) is 0 Å². The summed E-state index contributed by atoms with van der Waals surface area (Å²) in [5, 5.41) is 3.95. The summed E-state index contributed by atoms with van der Waals surface area (Å²) < 4.78 is 6.20. The number of hydrogen-bond donors (Lipinski definition) is 3. The highest BCUT2D eigenvalue weighted by Gasteiger charge is 2.27. The molecule has 1 aliphatic heterocycles. The first-order chi connectivity index (χ1) is 10.8. The predicted molar refractivity (Wildman–Crippen MR) is 86.2 cm³/mol. The molecule has 10 heteroatoms. The second-order valence-electron chi connectivity index (χ2n) is 4.36. The van der Waals surface area contributed by atoms with Crippen molar-refractivity contribution in [3.05, 3.63) is 32.2 Å². The quantitative estimate of drug-likeness (QED) is 0.466. The van der Waals surface area contributed by atoms with Gasteiger partial charge in [-0.2, -0.15) is 0 Å². The van der Waals surface area contributed by atoms with E-state index in [-0.39, 0.29) is 12.2 Å². The van der Waals surface area contributed by atoms with Gasteiger partial charge in [0, 0.05) is 0 Å². The Morgan fingerprint density at radius 1 is 1.13 bits per heavy atom. The van der Waals surface area contributed by atoms with Crippen molar-refractivity contribution in [3.63, 3.8) is 0 Å². The van der Waals surface area contributed by atoms with Crippen molar-refractivity contribution in [2.45, 2.75) is 0 Å². The van der Waals surface area contributed by atoms with E-state index in [1.165, 1.54) is 6.08 Å². The van der Waals surface area contributed by atoms with Crippen LogP contribution in [0.3, 0.4) is 0 Å². The molecule has 0 unspecified atom stereocenters. The molecule has 1 fully saturated rings. The van der Waals surface area contributed by atoms with Crippen molar-refractivity contribution in [1.82, 2.24) is 10.6 Å². The van der Waals surface area contributed by atoms with Gasteiger partial charge in [-0.15, -0.1) is 0 Å². The van der Waals surface area contributed by atoms with Gasteiger partial charge in [0.05, 0.1) is 8.95 Å². The summed E-state index contributed by atoms with van der Waals surface area (Å²) in [5.41, 5.74) is 5.29. The van der Waals surface area contributed by atoms with Crippen LogP contribution in [0.4, 0.5) is 4.79 Å². The Kier molecular flexibility index (Phi) is 5.16. The number of carbonyl (C=O) groups is 4. The second kappa shape index (κ2) is 6.92. The lowest BCUT2D eigenvalue weighted by molar-refractivity contribution is -0.124. The summed E-state index contributed by atoms with van der Waals surface area (Å²) in [7, 11) is 0. The van der Waals surface area contributed by atoms with Gasteiger partial charge in [-0.3, -0.25) is 25.0 Å². The van der Waals surface area contributed by atoms with E-state index in [1.54, 1.807) is 12.1 Å². The number of nitrogens with one attached hydrogen (secondary N) is 2. The summed E-state index contributed by atoms with van der Waals surface area (Å²) in [6.45, 7) is -0.301. The number of barbiturate groups is 1. The number of amides is 5. The summed E-state index contributed by atoms with van der Waals surface area (Å²) in [5.74, 6) is -1.87. The number of carbonyl (C=O) groups excluding carboxylic acids is 4. The van der Waals surface area contributed by atoms with Crippen LogP contribution >= 0.6 is 31.9 Å². The summed E-state index contributed by atoms with van der Waals surface area (Å²) >= 11 is 6.52. The Hall–Kier alpha value is -2.20.